The van der Waals surface area contributed by atoms with Crippen LogP contribution < -0.4 is 11.1 Å². The molecule has 3 N–H and O–H groups in total. The molecule has 1 fully saturated rings. The zero-order chi connectivity index (χ0) is 16.7. The van der Waals surface area contributed by atoms with Crippen LogP contribution in [0, 0.1) is 0 Å². The summed E-state index contributed by atoms with van der Waals surface area (Å²) in [5, 5.41) is 3.09. The second-order valence-corrected chi connectivity index (χ2v) is 6.40. The van der Waals surface area contributed by atoms with Gasteiger partial charge in [-0.3, -0.25) is 4.90 Å². The Morgan fingerprint density at radius 3 is 2.38 bits per heavy atom. The summed E-state index contributed by atoms with van der Waals surface area (Å²) in [5.74, 6) is 0.521. The van der Waals surface area contributed by atoms with Gasteiger partial charge in [0.1, 0.15) is 0 Å². The molecule has 0 amide bonds. The third-order valence-electron chi connectivity index (χ3n) is 3.91. The van der Waals surface area contributed by atoms with Crippen LogP contribution in [0.1, 0.15) is 38.3 Å². The number of rotatable bonds is 6. The van der Waals surface area contributed by atoms with Gasteiger partial charge in [0.15, 0.2) is 5.96 Å². The van der Waals surface area contributed by atoms with Crippen molar-refractivity contribution in [1.82, 2.24) is 10.2 Å². The van der Waals surface area contributed by atoms with Gasteiger partial charge in [-0.2, -0.15) is 0 Å². The van der Waals surface area contributed by atoms with Crippen molar-refractivity contribution in [2.24, 2.45) is 10.7 Å². The van der Waals surface area contributed by atoms with E-state index in [4.69, 9.17) is 10.5 Å². The average molecular weight is 446 g/mol. The number of halogens is 1. The summed E-state index contributed by atoms with van der Waals surface area (Å²) in [5.41, 5.74) is 8.32. The molecule has 0 saturated carbocycles. The largest absolute Gasteiger partial charge is 0.373 e. The van der Waals surface area contributed by atoms with Crippen LogP contribution in [0.2, 0.25) is 0 Å². The molecule has 0 aliphatic carbocycles. The number of hydrogen-bond donors (Lipinski definition) is 2. The number of nitrogens with two attached hydrogens (primary N) is 1. The number of guanidine groups is 1. The molecule has 0 radical (unpaired) electrons. The van der Waals surface area contributed by atoms with Gasteiger partial charge in [-0.05, 0) is 31.4 Å². The van der Waals surface area contributed by atoms with Crippen LogP contribution in [0.4, 0.5) is 0 Å². The number of benzene rings is 1. The molecule has 2 rings (SSSR count). The van der Waals surface area contributed by atoms with E-state index in [9.17, 15) is 0 Å². The molecule has 5 nitrogen and oxygen atoms in total. The van der Waals surface area contributed by atoms with Gasteiger partial charge in [0.25, 0.3) is 0 Å². The summed E-state index contributed by atoms with van der Waals surface area (Å²) in [6.07, 6.45) is 1.67. The van der Waals surface area contributed by atoms with Crippen LogP contribution in [0.5, 0.6) is 0 Å². The minimum Gasteiger partial charge on any atom is -0.373 e. The highest BCUT2D eigenvalue weighted by molar-refractivity contribution is 14.0. The van der Waals surface area contributed by atoms with Crippen LogP contribution in [0.15, 0.2) is 29.3 Å². The van der Waals surface area contributed by atoms with E-state index in [0.717, 1.165) is 32.6 Å². The Bertz CT molecular complexity index is 496. The topological polar surface area (TPSA) is 62.9 Å². The zero-order valence-electron chi connectivity index (χ0n) is 15.0. The number of hydrogen-bond acceptors (Lipinski definition) is 3. The molecule has 136 valence electrons. The smallest absolute Gasteiger partial charge is 0.188 e. The lowest BCUT2D eigenvalue weighted by atomic mass is 10.1. The first-order valence-electron chi connectivity index (χ1n) is 8.56. The van der Waals surface area contributed by atoms with E-state index in [1.807, 2.05) is 0 Å². The van der Waals surface area contributed by atoms with Crippen molar-refractivity contribution in [3.05, 3.63) is 35.4 Å². The van der Waals surface area contributed by atoms with Gasteiger partial charge in [0.05, 0.1) is 18.8 Å². The standard InChI is InChI=1S/C18H30N4O.HI/c1-4-9-20-18(19)21-10-16-5-7-17(8-6-16)13-22-11-14(2)23-15(3)12-22;/h5-8,14-15H,4,9-13H2,1-3H3,(H3,19,20,21);1H. The number of nitrogens with one attached hydrogen (secondary N) is 1. The van der Waals surface area contributed by atoms with E-state index < -0.39 is 0 Å². The molecule has 2 unspecified atom stereocenters. The normalized spacial score (nSPS) is 22.0. The molecule has 0 aromatic heterocycles. The number of morpholine rings is 1. The second-order valence-electron chi connectivity index (χ2n) is 6.40. The van der Waals surface area contributed by atoms with Gasteiger partial charge in [-0.15, -0.1) is 24.0 Å². The lowest BCUT2D eigenvalue weighted by Crippen LogP contribution is -2.44. The maximum absolute atomic E-state index is 5.81. The first-order chi connectivity index (χ1) is 11.1. The maximum Gasteiger partial charge on any atom is 0.188 e. The molecular formula is C18H31IN4O. The average Bonchev–Trinajstić information content (AvgIpc) is 2.51. The van der Waals surface area contributed by atoms with Crippen molar-refractivity contribution >= 4 is 29.9 Å². The molecule has 0 spiro atoms. The minimum absolute atomic E-state index is 0. The SMILES string of the molecule is CCCNC(N)=NCc1ccc(CN2CC(C)OC(C)C2)cc1.I. The summed E-state index contributed by atoms with van der Waals surface area (Å²) < 4.78 is 5.78. The number of nitrogens with zero attached hydrogens (tertiary/aromatic N) is 2. The van der Waals surface area contributed by atoms with E-state index in [-0.39, 0.29) is 24.0 Å². The Morgan fingerprint density at radius 1 is 1.21 bits per heavy atom. The summed E-state index contributed by atoms with van der Waals surface area (Å²) in [6, 6.07) is 8.65. The molecule has 1 saturated heterocycles. The van der Waals surface area contributed by atoms with E-state index in [0.29, 0.717) is 24.7 Å². The highest BCUT2D eigenvalue weighted by Crippen LogP contribution is 2.15. The lowest BCUT2D eigenvalue weighted by Gasteiger charge is -2.35. The molecule has 1 aliphatic heterocycles. The number of ether oxygens (including phenoxy) is 1. The van der Waals surface area contributed by atoms with E-state index in [1.54, 1.807) is 0 Å². The molecular weight excluding hydrogens is 415 g/mol. The van der Waals surface area contributed by atoms with Crippen LogP contribution in [-0.4, -0.2) is 42.7 Å². The Labute approximate surface area is 163 Å². The van der Waals surface area contributed by atoms with Crippen molar-refractivity contribution in [2.45, 2.75) is 52.5 Å². The Balaban J connectivity index is 0.00000288. The molecule has 1 heterocycles. The quantitative estimate of drug-likeness (QED) is 0.401. The highest BCUT2D eigenvalue weighted by Gasteiger charge is 2.21. The monoisotopic (exact) mass is 446 g/mol. The van der Waals surface area contributed by atoms with Crippen LogP contribution in [0.3, 0.4) is 0 Å². The van der Waals surface area contributed by atoms with Crippen molar-refractivity contribution in [2.75, 3.05) is 19.6 Å². The fourth-order valence-electron chi connectivity index (χ4n) is 2.91. The second kappa shape index (κ2) is 10.9. The molecule has 1 aromatic rings. The van der Waals surface area contributed by atoms with E-state index in [2.05, 4.69) is 60.2 Å². The van der Waals surface area contributed by atoms with Crippen LogP contribution in [-0.2, 0) is 17.8 Å². The van der Waals surface area contributed by atoms with Crippen molar-refractivity contribution < 1.29 is 4.74 Å². The molecule has 6 heteroatoms. The van der Waals surface area contributed by atoms with Gasteiger partial charge in [-0.1, -0.05) is 31.2 Å². The van der Waals surface area contributed by atoms with E-state index >= 15 is 0 Å². The van der Waals surface area contributed by atoms with E-state index in [1.165, 1.54) is 11.1 Å². The summed E-state index contributed by atoms with van der Waals surface area (Å²) in [6.45, 7) is 10.8. The van der Waals surface area contributed by atoms with Gasteiger partial charge in [0, 0.05) is 26.2 Å². The van der Waals surface area contributed by atoms with Gasteiger partial charge >= 0.3 is 0 Å². The van der Waals surface area contributed by atoms with Gasteiger partial charge in [-0.25, -0.2) is 4.99 Å². The maximum atomic E-state index is 5.81. The number of aliphatic imine (C=N–C) groups is 1. The summed E-state index contributed by atoms with van der Waals surface area (Å²) in [4.78, 5) is 6.81. The Kier molecular flexibility index (Phi) is 9.61. The molecule has 0 bridgehead atoms. The molecule has 1 aliphatic rings. The predicted molar refractivity (Wildman–Crippen MR) is 111 cm³/mol. The predicted octanol–water partition coefficient (Wildman–Crippen LogP) is 2.73. The molecule has 24 heavy (non-hydrogen) atoms. The van der Waals surface area contributed by atoms with Crippen molar-refractivity contribution in [3.8, 4) is 0 Å². The van der Waals surface area contributed by atoms with Crippen LogP contribution in [0.25, 0.3) is 0 Å². The van der Waals surface area contributed by atoms with Crippen LogP contribution >= 0.6 is 24.0 Å². The summed E-state index contributed by atoms with van der Waals surface area (Å²) >= 11 is 0. The fourth-order valence-corrected chi connectivity index (χ4v) is 2.91. The zero-order valence-corrected chi connectivity index (χ0v) is 17.3. The van der Waals surface area contributed by atoms with Gasteiger partial charge < -0.3 is 15.8 Å². The van der Waals surface area contributed by atoms with Crippen molar-refractivity contribution in [3.63, 3.8) is 0 Å². The first kappa shape index (κ1) is 21.2. The highest BCUT2D eigenvalue weighted by atomic mass is 127. The Hall–Kier alpha value is -0.860. The first-order valence-corrected chi connectivity index (χ1v) is 8.56. The minimum atomic E-state index is 0. The molecule has 2 atom stereocenters. The lowest BCUT2D eigenvalue weighted by molar-refractivity contribution is -0.0704. The third-order valence-corrected chi connectivity index (χ3v) is 3.91. The fraction of sp³-hybridized carbons (Fsp3) is 0.611. The van der Waals surface area contributed by atoms with Gasteiger partial charge in [0.2, 0.25) is 0 Å². The summed E-state index contributed by atoms with van der Waals surface area (Å²) in [7, 11) is 0. The Morgan fingerprint density at radius 2 is 1.79 bits per heavy atom. The third kappa shape index (κ3) is 7.36. The van der Waals surface area contributed by atoms with Crippen molar-refractivity contribution in [1.29, 1.82) is 0 Å². The molecule has 1 aromatic carbocycles.